The van der Waals surface area contributed by atoms with Crippen LogP contribution in [0.15, 0.2) is 30.4 Å². The molecule has 7 nitrogen and oxygen atoms in total. The van der Waals surface area contributed by atoms with Gasteiger partial charge >= 0.3 is 5.97 Å². The van der Waals surface area contributed by atoms with Gasteiger partial charge in [0, 0.05) is 5.69 Å². The number of carbonyl (C=O) groups is 4. The zero-order chi connectivity index (χ0) is 20.9. The van der Waals surface area contributed by atoms with Gasteiger partial charge in [-0.05, 0) is 43.4 Å². The lowest BCUT2D eigenvalue weighted by Gasteiger charge is -2.23. The van der Waals surface area contributed by atoms with Crippen molar-refractivity contribution in [3.63, 3.8) is 0 Å². The van der Waals surface area contributed by atoms with Crippen LogP contribution in [0.3, 0.4) is 0 Å². The molecule has 1 saturated heterocycles. The Bertz CT molecular complexity index is 917. The highest BCUT2D eigenvalue weighted by atomic mass is 35.5. The number of hydrogen-bond donors (Lipinski definition) is 1. The fourth-order valence-electron chi connectivity index (χ4n) is 4.44. The highest BCUT2D eigenvalue weighted by Crippen LogP contribution is 2.52. The smallest absolute Gasteiger partial charge is 0.329 e. The number of allylic oxidation sites excluding steroid dienone is 2. The Labute approximate surface area is 177 Å². The molecular formula is C20H18Cl2N2O5. The predicted molar refractivity (Wildman–Crippen MR) is 105 cm³/mol. The number of carbonyl (C=O) groups excluding carboxylic acids is 4. The van der Waals surface area contributed by atoms with Crippen molar-refractivity contribution >= 4 is 52.6 Å². The van der Waals surface area contributed by atoms with E-state index in [9.17, 15) is 19.2 Å². The van der Waals surface area contributed by atoms with Gasteiger partial charge in [0.2, 0.25) is 11.8 Å². The van der Waals surface area contributed by atoms with E-state index in [0.717, 1.165) is 11.3 Å². The number of anilines is 1. The minimum absolute atomic E-state index is 0.0617. The number of rotatable bonds is 5. The molecule has 0 spiro atoms. The van der Waals surface area contributed by atoms with E-state index in [4.69, 9.17) is 27.9 Å². The summed E-state index contributed by atoms with van der Waals surface area (Å²) < 4.78 is 5.02. The van der Waals surface area contributed by atoms with Crippen molar-refractivity contribution in [2.45, 2.75) is 19.4 Å². The van der Waals surface area contributed by atoms with Crippen molar-refractivity contribution in [1.82, 2.24) is 4.90 Å². The maximum Gasteiger partial charge on any atom is 0.329 e. The van der Waals surface area contributed by atoms with Gasteiger partial charge in [-0.25, -0.2) is 4.79 Å². The lowest BCUT2D eigenvalue weighted by molar-refractivity contribution is -0.159. The van der Waals surface area contributed by atoms with Crippen molar-refractivity contribution < 1.29 is 23.9 Å². The molecule has 3 aliphatic rings. The Morgan fingerprint density at radius 1 is 1.14 bits per heavy atom. The minimum atomic E-state index is -1.09. The van der Waals surface area contributed by atoms with Crippen LogP contribution >= 0.6 is 23.2 Å². The highest BCUT2D eigenvalue weighted by molar-refractivity contribution is 6.42. The van der Waals surface area contributed by atoms with Gasteiger partial charge in [0.15, 0.2) is 6.61 Å². The number of halogens is 2. The SMILES string of the molecule is C[C@H](C(=O)OCC(=O)Nc1ccc(Cl)c(Cl)c1)N1C(=O)[C@H]2[C@H](C1=O)[C@H]1C=C[C@H]2C1. The van der Waals surface area contributed by atoms with Crippen LogP contribution in [-0.2, 0) is 23.9 Å². The Kier molecular flexibility index (Phi) is 5.12. The molecule has 2 bridgehead atoms. The second kappa shape index (κ2) is 7.46. The first-order chi connectivity index (χ1) is 13.8. The summed E-state index contributed by atoms with van der Waals surface area (Å²) in [4.78, 5) is 50.9. The van der Waals surface area contributed by atoms with Crippen LogP contribution in [0.25, 0.3) is 0 Å². The third-order valence-electron chi connectivity index (χ3n) is 5.78. The lowest BCUT2D eigenvalue weighted by Crippen LogP contribution is -2.45. The van der Waals surface area contributed by atoms with Gasteiger partial charge in [-0.2, -0.15) is 0 Å². The number of esters is 1. The van der Waals surface area contributed by atoms with Crippen molar-refractivity contribution in [3.05, 3.63) is 40.4 Å². The Morgan fingerprint density at radius 3 is 2.34 bits per heavy atom. The van der Waals surface area contributed by atoms with E-state index in [1.807, 2.05) is 12.2 Å². The molecule has 1 aromatic rings. The maximum atomic E-state index is 12.7. The molecule has 29 heavy (non-hydrogen) atoms. The normalized spacial score (nSPS) is 27.9. The molecule has 3 amide bonds. The summed E-state index contributed by atoms with van der Waals surface area (Å²) in [7, 11) is 0. The van der Waals surface area contributed by atoms with Crippen LogP contribution < -0.4 is 5.32 Å². The summed E-state index contributed by atoms with van der Waals surface area (Å²) in [5.41, 5.74) is 0.397. The average Bonchev–Trinajstić information content (AvgIpc) is 3.36. The molecule has 2 fully saturated rings. The fraction of sp³-hybridized carbons (Fsp3) is 0.400. The molecule has 152 valence electrons. The van der Waals surface area contributed by atoms with Gasteiger partial charge in [0.1, 0.15) is 6.04 Å². The molecule has 1 aromatic carbocycles. The second-order valence-corrected chi connectivity index (χ2v) is 8.32. The number of ether oxygens (including phenoxy) is 1. The number of amides is 3. The van der Waals surface area contributed by atoms with Gasteiger partial charge < -0.3 is 10.1 Å². The number of likely N-dealkylation sites (tertiary alicyclic amines) is 1. The molecule has 1 aliphatic heterocycles. The molecule has 0 unspecified atom stereocenters. The number of nitrogens with zero attached hydrogens (tertiary/aromatic N) is 1. The summed E-state index contributed by atoms with van der Waals surface area (Å²) in [5.74, 6) is -2.70. The third-order valence-corrected chi connectivity index (χ3v) is 6.52. The van der Waals surface area contributed by atoms with Gasteiger partial charge in [0.25, 0.3) is 5.91 Å². The first-order valence-electron chi connectivity index (χ1n) is 9.24. The summed E-state index contributed by atoms with van der Waals surface area (Å²) in [6.45, 7) is 0.880. The number of imide groups is 1. The average molecular weight is 437 g/mol. The van der Waals surface area contributed by atoms with Crippen LogP contribution in [0.1, 0.15) is 13.3 Å². The predicted octanol–water partition coefficient (Wildman–Crippen LogP) is 2.67. The van der Waals surface area contributed by atoms with Gasteiger partial charge in [-0.1, -0.05) is 35.4 Å². The molecule has 9 heteroatoms. The molecule has 0 aromatic heterocycles. The van der Waals surface area contributed by atoms with Gasteiger partial charge in [0.05, 0.1) is 21.9 Å². The Balaban J connectivity index is 1.34. The van der Waals surface area contributed by atoms with E-state index in [2.05, 4.69) is 5.32 Å². The number of fused-ring (bicyclic) bond motifs is 5. The van der Waals surface area contributed by atoms with E-state index in [1.54, 1.807) is 6.07 Å². The summed E-state index contributed by atoms with van der Waals surface area (Å²) >= 11 is 11.7. The monoisotopic (exact) mass is 436 g/mol. The first-order valence-corrected chi connectivity index (χ1v) is 10.0. The number of benzene rings is 1. The zero-order valence-electron chi connectivity index (χ0n) is 15.4. The largest absolute Gasteiger partial charge is 0.454 e. The van der Waals surface area contributed by atoms with Gasteiger partial charge in [-0.15, -0.1) is 0 Å². The number of hydrogen-bond acceptors (Lipinski definition) is 5. The molecule has 5 atom stereocenters. The molecule has 1 heterocycles. The van der Waals surface area contributed by atoms with Crippen LogP contribution in [0, 0.1) is 23.7 Å². The van der Waals surface area contributed by atoms with Crippen molar-refractivity contribution in [2.24, 2.45) is 23.7 Å². The van der Waals surface area contributed by atoms with Crippen LogP contribution in [-0.4, -0.2) is 41.2 Å². The molecule has 0 radical (unpaired) electrons. The van der Waals surface area contributed by atoms with Crippen LogP contribution in [0.2, 0.25) is 10.0 Å². The van der Waals surface area contributed by atoms with E-state index in [0.29, 0.717) is 10.7 Å². The summed E-state index contributed by atoms with van der Waals surface area (Å²) in [6.07, 6.45) is 4.78. The van der Waals surface area contributed by atoms with E-state index in [1.165, 1.54) is 19.1 Å². The maximum absolute atomic E-state index is 12.7. The molecule has 1 saturated carbocycles. The van der Waals surface area contributed by atoms with Crippen molar-refractivity contribution in [1.29, 1.82) is 0 Å². The molecule has 2 aliphatic carbocycles. The topological polar surface area (TPSA) is 92.8 Å². The zero-order valence-corrected chi connectivity index (χ0v) is 16.9. The second-order valence-electron chi connectivity index (χ2n) is 7.51. The van der Waals surface area contributed by atoms with E-state index in [-0.39, 0.29) is 40.5 Å². The molecule has 1 N–H and O–H groups in total. The first kappa shape index (κ1) is 19.9. The molecule has 4 rings (SSSR count). The number of nitrogens with one attached hydrogen (secondary N) is 1. The summed E-state index contributed by atoms with van der Waals surface area (Å²) in [5, 5.41) is 3.15. The fourth-order valence-corrected chi connectivity index (χ4v) is 4.74. The van der Waals surface area contributed by atoms with E-state index < -0.39 is 24.5 Å². The Hall–Kier alpha value is -2.38. The Morgan fingerprint density at radius 2 is 1.76 bits per heavy atom. The highest BCUT2D eigenvalue weighted by Gasteiger charge is 2.60. The molecular weight excluding hydrogens is 419 g/mol. The van der Waals surface area contributed by atoms with Crippen LogP contribution in [0.4, 0.5) is 5.69 Å². The van der Waals surface area contributed by atoms with Crippen molar-refractivity contribution in [3.8, 4) is 0 Å². The standard InChI is InChI=1S/C20H18Cl2N2O5/c1-9(24-18(26)16-10-2-3-11(6-10)17(16)19(24)27)20(28)29-8-15(25)23-12-4-5-13(21)14(22)7-12/h2-5,7,9-11,16-17H,6,8H2,1H3,(H,23,25)/t9-,10+,11+,16-,17-/m1/s1. The van der Waals surface area contributed by atoms with Crippen LogP contribution in [0.5, 0.6) is 0 Å². The lowest BCUT2D eigenvalue weighted by atomic mass is 9.85. The van der Waals surface area contributed by atoms with Crippen molar-refractivity contribution in [2.75, 3.05) is 11.9 Å². The minimum Gasteiger partial charge on any atom is -0.454 e. The quantitative estimate of drug-likeness (QED) is 0.435. The van der Waals surface area contributed by atoms with Gasteiger partial charge in [-0.3, -0.25) is 19.3 Å². The summed E-state index contributed by atoms with van der Waals surface area (Å²) in [6, 6.07) is 3.46. The van der Waals surface area contributed by atoms with E-state index >= 15 is 0 Å². The third kappa shape index (κ3) is 3.42.